The molecule has 0 amide bonds. The van der Waals surface area contributed by atoms with Crippen LogP contribution in [0.1, 0.15) is 5.56 Å². The van der Waals surface area contributed by atoms with Crippen molar-refractivity contribution >= 4 is 23.4 Å². The van der Waals surface area contributed by atoms with Gasteiger partial charge in [-0.15, -0.1) is 0 Å². The molecule has 0 spiro atoms. The quantitative estimate of drug-likeness (QED) is 0.748. The van der Waals surface area contributed by atoms with E-state index in [1.54, 1.807) is 6.07 Å². The molecule has 0 unspecified atom stereocenters. The van der Waals surface area contributed by atoms with Gasteiger partial charge in [0.1, 0.15) is 11.2 Å². The summed E-state index contributed by atoms with van der Waals surface area (Å²) >= 11 is 5.08. The monoisotopic (exact) mass is 226 g/mol. The smallest absolute Gasteiger partial charge is 0.339 e. The average molecular weight is 227 g/mol. The summed E-state index contributed by atoms with van der Waals surface area (Å²) < 4.78 is 35.4. The number of alkyl halides is 3. The van der Waals surface area contributed by atoms with Crippen LogP contribution in [0.2, 0.25) is 5.15 Å². The average Bonchev–Trinajstić information content (AvgIpc) is 2.26. The first-order chi connectivity index (χ1) is 5.92. The van der Waals surface area contributed by atoms with Crippen molar-refractivity contribution in [2.75, 3.05) is 0 Å². The molecule has 7 heteroatoms. The lowest BCUT2D eigenvalue weighted by Crippen LogP contribution is -1.98. The van der Waals surface area contributed by atoms with Gasteiger partial charge in [-0.1, -0.05) is 11.6 Å². The van der Waals surface area contributed by atoms with Gasteiger partial charge in [-0.3, -0.25) is 0 Å². The minimum atomic E-state index is -4.37. The Balaban J connectivity index is 2.87. The molecule has 0 bridgehead atoms. The third kappa shape index (κ3) is 2.86. The zero-order valence-electron chi connectivity index (χ0n) is 5.94. The first kappa shape index (κ1) is 10.3. The van der Waals surface area contributed by atoms with Crippen LogP contribution in [-0.2, 0) is 0 Å². The van der Waals surface area contributed by atoms with Crippen LogP contribution < -0.4 is 0 Å². The van der Waals surface area contributed by atoms with Crippen LogP contribution in [-0.4, -0.2) is 10.5 Å². The van der Waals surface area contributed by atoms with Crippen molar-refractivity contribution < 1.29 is 13.2 Å². The molecule has 1 heterocycles. The van der Waals surface area contributed by atoms with Gasteiger partial charge in [0.15, 0.2) is 0 Å². The van der Waals surface area contributed by atoms with Gasteiger partial charge in [0, 0.05) is 11.8 Å². The van der Waals surface area contributed by atoms with Gasteiger partial charge in [-0.2, -0.15) is 18.4 Å². The fraction of sp³-hybridized carbons (Fsp3) is 0.167. The third-order valence-corrected chi connectivity index (χ3v) is 2.06. The summed E-state index contributed by atoms with van der Waals surface area (Å²) in [5.41, 5.74) is -4.37. The number of halogens is 4. The molecule has 0 radical (unpaired) electrons. The van der Waals surface area contributed by atoms with E-state index >= 15 is 0 Å². The number of hydrogen-bond donors (Lipinski definition) is 1. The zero-order valence-corrected chi connectivity index (χ0v) is 7.52. The predicted octanol–water partition coefficient (Wildman–Crippen LogP) is 3.15. The van der Waals surface area contributed by atoms with Crippen molar-refractivity contribution in [3.8, 4) is 6.07 Å². The maximum Gasteiger partial charge on any atom is 0.447 e. The molecule has 0 atom stereocenters. The first-order valence-electron chi connectivity index (χ1n) is 2.97. The van der Waals surface area contributed by atoms with Crippen LogP contribution in [0.5, 0.6) is 0 Å². The standard InChI is InChI=1S/C6H2ClF3N2S/c7-5-3(2-11)1-4(12-5)13-6(8,9)10/h1,12H. The highest BCUT2D eigenvalue weighted by Crippen LogP contribution is 2.37. The van der Waals surface area contributed by atoms with Gasteiger partial charge < -0.3 is 4.98 Å². The SMILES string of the molecule is N#Cc1cc(SC(F)(F)F)[nH]c1Cl. The predicted molar refractivity (Wildman–Crippen MR) is 42.4 cm³/mol. The van der Waals surface area contributed by atoms with E-state index < -0.39 is 5.51 Å². The van der Waals surface area contributed by atoms with Crippen LogP contribution >= 0.6 is 23.4 Å². The molecular weight excluding hydrogens is 225 g/mol. The number of aromatic amines is 1. The van der Waals surface area contributed by atoms with E-state index in [2.05, 4.69) is 4.98 Å². The van der Waals surface area contributed by atoms with Gasteiger partial charge in [0.25, 0.3) is 0 Å². The van der Waals surface area contributed by atoms with E-state index in [4.69, 9.17) is 16.9 Å². The molecule has 70 valence electrons. The number of H-pyrrole nitrogens is 1. The molecule has 2 nitrogen and oxygen atoms in total. The molecule has 0 fully saturated rings. The Morgan fingerprint density at radius 3 is 2.54 bits per heavy atom. The number of rotatable bonds is 1. The molecular formula is C6H2ClF3N2S. The number of nitrogens with one attached hydrogen (secondary N) is 1. The van der Waals surface area contributed by atoms with Crippen molar-refractivity contribution in [3.05, 3.63) is 16.8 Å². The normalized spacial score (nSPS) is 11.3. The summed E-state index contributed by atoms with van der Waals surface area (Å²) in [6.07, 6.45) is 0. The van der Waals surface area contributed by atoms with Crippen LogP contribution in [0.3, 0.4) is 0 Å². The van der Waals surface area contributed by atoms with Gasteiger partial charge in [0.05, 0.1) is 10.6 Å². The molecule has 1 N–H and O–H groups in total. The van der Waals surface area contributed by atoms with Crippen molar-refractivity contribution in [3.63, 3.8) is 0 Å². The highest BCUT2D eigenvalue weighted by atomic mass is 35.5. The number of nitriles is 1. The van der Waals surface area contributed by atoms with Crippen LogP contribution in [0, 0.1) is 11.3 Å². The van der Waals surface area contributed by atoms with Gasteiger partial charge >= 0.3 is 5.51 Å². The Morgan fingerprint density at radius 1 is 1.54 bits per heavy atom. The number of thioether (sulfide) groups is 1. The van der Waals surface area contributed by atoms with Gasteiger partial charge in [-0.05, 0) is 6.07 Å². The van der Waals surface area contributed by atoms with Crippen LogP contribution in [0.25, 0.3) is 0 Å². The minimum Gasteiger partial charge on any atom is -0.339 e. The second kappa shape index (κ2) is 3.52. The lowest BCUT2D eigenvalue weighted by Gasteiger charge is -2.01. The van der Waals surface area contributed by atoms with Crippen molar-refractivity contribution in [2.24, 2.45) is 0 Å². The molecule has 0 aromatic carbocycles. The Morgan fingerprint density at radius 2 is 2.15 bits per heavy atom. The molecule has 1 aromatic rings. The molecule has 0 aliphatic rings. The summed E-state index contributed by atoms with van der Waals surface area (Å²) in [5, 5.41) is 8.12. The summed E-state index contributed by atoms with van der Waals surface area (Å²) in [5.74, 6) is 0. The summed E-state index contributed by atoms with van der Waals surface area (Å²) in [6, 6.07) is 2.71. The van der Waals surface area contributed by atoms with Crippen LogP contribution in [0.4, 0.5) is 13.2 Å². The topological polar surface area (TPSA) is 39.6 Å². The van der Waals surface area contributed by atoms with E-state index in [0.29, 0.717) is 0 Å². The third-order valence-electron chi connectivity index (χ3n) is 1.09. The second-order valence-corrected chi connectivity index (χ2v) is 3.51. The fourth-order valence-corrected chi connectivity index (χ4v) is 1.50. The summed E-state index contributed by atoms with van der Waals surface area (Å²) in [6.45, 7) is 0. The molecule has 1 aromatic heterocycles. The minimum absolute atomic E-state index is 0.00779. The number of nitrogens with zero attached hydrogens (tertiary/aromatic N) is 1. The Kier molecular flexibility index (Phi) is 2.78. The molecule has 13 heavy (non-hydrogen) atoms. The molecule has 0 aliphatic heterocycles. The molecule has 0 saturated heterocycles. The highest BCUT2D eigenvalue weighted by Gasteiger charge is 2.30. The van der Waals surface area contributed by atoms with E-state index in [0.717, 1.165) is 6.07 Å². The fourth-order valence-electron chi connectivity index (χ4n) is 0.667. The second-order valence-electron chi connectivity index (χ2n) is 2.02. The highest BCUT2D eigenvalue weighted by molar-refractivity contribution is 8.00. The Bertz CT molecular complexity index is 352. The maximum atomic E-state index is 11.8. The lowest BCUT2D eigenvalue weighted by atomic mass is 10.4. The Labute approximate surface area is 80.7 Å². The number of aromatic nitrogens is 1. The Hall–Kier alpha value is -0.800. The maximum absolute atomic E-state index is 11.8. The van der Waals surface area contributed by atoms with E-state index in [1.807, 2.05) is 0 Å². The number of hydrogen-bond acceptors (Lipinski definition) is 2. The van der Waals surface area contributed by atoms with E-state index in [-0.39, 0.29) is 27.5 Å². The van der Waals surface area contributed by atoms with Crippen molar-refractivity contribution in [2.45, 2.75) is 10.5 Å². The molecule has 0 saturated carbocycles. The van der Waals surface area contributed by atoms with E-state index in [1.165, 1.54) is 0 Å². The van der Waals surface area contributed by atoms with Gasteiger partial charge in [-0.25, -0.2) is 0 Å². The lowest BCUT2D eigenvalue weighted by molar-refractivity contribution is -0.0329. The van der Waals surface area contributed by atoms with Crippen molar-refractivity contribution in [1.29, 1.82) is 5.26 Å². The first-order valence-corrected chi connectivity index (χ1v) is 4.16. The van der Waals surface area contributed by atoms with Crippen LogP contribution in [0.15, 0.2) is 11.1 Å². The summed E-state index contributed by atoms with van der Waals surface area (Å²) in [4.78, 5) is 2.24. The largest absolute Gasteiger partial charge is 0.447 e. The molecule has 0 aliphatic carbocycles. The summed E-state index contributed by atoms with van der Waals surface area (Å²) in [7, 11) is 0. The van der Waals surface area contributed by atoms with E-state index in [9.17, 15) is 13.2 Å². The van der Waals surface area contributed by atoms with Crippen molar-refractivity contribution in [1.82, 2.24) is 4.98 Å². The molecule has 1 rings (SSSR count). The van der Waals surface area contributed by atoms with Gasteiger partial charge in [0.2, 0.25) is 0 Å². The zero-order chi connectivity index (χ0) is 10.1.